The first-order chi connectivity index (χ1) is 12.2. The fourth-order valence-electron chi connectivity index (χ4n) is 2.33. The van der Waals surface area contributed by atoms with Gasteiger partial charge < -0.3 is 4.90 Å². The van der Waals surface area contributed by atoms with Crippen molar-refractivity contribution in [2.45, 2.75) is 19.0 Å². The van der Waals surface area contributed by atoms with Gasteiger partial charge in [-0.1, -0.05) is 30.3 Å². The fourth-order valence-corrected chi connectivity index (χ4v) is 2.90. The Labute approximate surface area is 150 Å². The van der Waals surface area contributed by atoms with Crippen LogP contribution in [0.4, 0.5) is 30.2 Å². The molecule has 2 aromatic carbocycles. The maximum atomic E-state index is 12.7. The monoisotopic (exact) mass is 385 g/mol. The Morgan fingerprint density at radius 1 is 1.15 bits per heavy atom. The van der Waals surface area contributed by atoms with Gasteiger partial charge in [-0.25, -0.2) is 0 Å². The van der Waals surface area contributed by atoms with Crippen LogP contribution in [0.3, 0.4) is 0 Å². The van der Waals surface area contributed by atoms with Gasteiger partial charge >= 0.3 is 15.5 Å². The van der Waals surface area contributed by atoms with E-state index in [1.165, 1.54) is 12.1 Å². The molecule has 0 saturated heterocycles. The van der Waals surface area contributed by atoms with E-state index in [-0.39, 0.29) is 11.4 Å². The molecule has 26 heavy (non-hydrogen) atoms. The molecule has 0 fully saturated rings. The Kier molecular flexibility index (Phi) is 5.91. The lowest BCUT2D eigenvalue weighted by Gasteiger charge is -2.24. The third-order valence-electron chi connectivity index (χ3n) is 3.66. The molecule has 0 saturated carbocycles. The number of aliphatic imine (C=N–C) groups is 1. The highest BCUT2D eigenvalue weighted by Crippen LogP contribution is 2.34. The van der Waals surface area contributed by atoms with Crippen molar-refractivity contribution in [1.82, 2.24) is 0 Å². The number of alkyl halides is 3. The number of rotatable bonds is 7. The smallest absolute Gasteiger partial charge is 0.367 e. The summed E-state index contributed by atoms with van der Waals surface area (Å²) in [6.07, 6.45) is 0. The molecule has 0 radical (unpaired) electrons. The summed E-state index contributed by atoms with van der Waals surface area (Å²) >= 11 is 0. The average Bonchev–Trinajstić information content (AvgIpc) is 2.59. The number of benzene rings is 2. The van der Waals surface area contributed by atoms with Gasteiger partial charge in [0.1, 0.15) is 0 Å². The van der Waals surface area contributed by atoms with Gasteiger partial charge in [-0.05, 0) is 37.4 Å². The van der Waals surface area contributed by atoms with Crippen LogP contribution in [0.1, 0.15) is 12.5 Å². The molecule has 140 valence electrons. The largest absolute Gasteiger partial charge is 0.516 e. The van der Waals surface area contributed by atoms with Crippen LogP contribution in [0.5, 0.6) is 0 Å². The van der Waals surface area contributed by atoms with Gasteiger partial charge in [0.05, 0.1) is 11.4 Å². The Balaban J connectivity index is 2.37. The molecular weight excluding hydrogens is 367 g/mol. The minimum atomic E-state index is -5.55. The topological polar surface area (TPSA) is 61.8 Å². The van der Waals surface area contributed by atoms with Gasteiger partial charge in [0.2, 0.25) is 0 Å². The number of nitrogens with zero attached hydrogens (tertiary/aromatic N) is 2. The first-order valence-corrected chi connectivity index (χ1v) is 9.15. The van der Waals surface area contributed by atoms with E-state index >= 15 is 0 Å². The highest BCUT2D eigenvalue weighted by atomic mass is 32.2. The molecule has 0 amide bonds. The number of nitrogens with one attached hydrogen (secondary N) is 1. The predicted octanol–water partition coefficient (Wildman–Crippen LogP) is 4.31. The number of sulfonamides is 1. The normalized spacial score (nSPS) is 11.8. The molecule has 2 rings (SSSR count). The highest BCUT2D eigenvalue weighted by Gasteiger charge is 2.46. The molecule has 0 bridgehead atoms. The summed E-state index contributed by atoms with van der Waals surface area (Å²) in [5.74, 6) is 0. The van der Waals surface area contributed by atoms with Gasteiger partial charge in [0.15, 0.2) is 0 Å². The zero-order valence-electron chi connectivity index (χ0n) is 14.0. The summed E-state index contributed by atoms with van der Waals surface area (Å²) in [4.78, 5) is 5.48. The summed E-state index contributed by atoms with van der Waals surface area (Å²) in [6.45, 7) is 6.25. The van der Waals surface area contributed by atoms with Gasteiger partial charge in [-0.15, -0.1) is 0 Å². The lowest BCUT2D eigenvalue weighted by Crippen LogP contribution is -2.30. The molecule has 1 N–H and O–H groups in total. The van der Waals surface area contributed by atoms with Gasteiger partial charge in [0, 0.05) is 18.8 Å². The number of hydrogen-bond acceptors (Lipinski definition) is 4. The molecule has 0 aliphatic carbocycles. The van der Waals surface area contributed by atoms with Crippen LogP contribution in [-0.2, 0) is 16.6 Å². The van der Waals surface area contributed by atoms with Crippen LogP contribution < -0.4 is 9.62 Å². The molecule has 0 spiro atoms. The molecule has 9 heteroatoms. The van der Waals surface area contributed by atoms with Gasteiger partial charge in [0.25, 0.3) is 0 Å². The summed E-state index contributed by atoms with van der Waals surface area (Å²) < 4.78 is 62.4. The molecule has 0 aromatic heterocycles. The quantitative estimate of drug-likeness (QED) is 0.723. The molecule has 0 aliphatic rings. The Morgan fingerprint density at radius 3 is 2.35 bits per heavy atom. The van der Waals surface area contributed by atoms with Crippen molar-refractivity contribution < 1.29 is 21.6 Å². The zero-order valence-corrected chi connectivity index (χ0v) is 14.8. The van der Waals surface area contributed by atoms with Crippen molar-refractivity contribution in [1.29, 1.82) is 0 Å². The summed E-state index contributed by atoms with van der Waals surface area (Å²) in [6, 6.07) is 13.9. The summed E-state index contributed by atoms with van der Waals surface area (Å²) in [7, 11) is -5.55. The highest BCUT2D eigenvalue weighted by molar-refractivity contribution is 7.93. The van der Waals surface area contributed by atoms with E-state index in [9.17, 15) is 21.6 Å². The minimum absolute atomic E-state index is 0.0114. The average molecular weight is 385 g/mol. The second-order valence-electron chi connectivity index (χ2n) is 5.41. The predicted molar refractivity (Wildman–Crippen MR) is 97.4 cm³/mol. The standard InChI is InChI=1S/C17H18F3N3O2S/c1-3-23(12-13-7-5-4-6-8-13)14-9-10-15(21-2)16(11-14)22-26(24,25)17(18,19)20/h4-11,22H,2-3,12H2,1H3. The first kappa shape index (κ1) is 19.8. The molecule has 5 nitrogen and oxygen atoms in total. The lowest BCUT2D eigenvalue weighted by molar-refractivity contribution is -0.0429. The molecule has 0 atom stereocenters. The Hall–Kier alpha value is -2.55. The van der Waals surface area contributed by atoms with E-state index in [2.05, 4.69) is 11.7 Å². The third kappa shape index (κ3) is 4.54. The minimum Gasteiger partial charge on any atom is -0.367 e. The van der Waals surface area contributed by atoms with Crippen molar-refractivity contribution in [3.05, 3.63) is 54.1 Å². The maximum absolute atomic E-state index is 12.7. The Morgan fingerprint density at radius 2 is 1.81 bits per heavy atom. The van der Waals surface area contributed by atoms with Crippen LogP contribution >= 0.6 is 0 Å². The van der Waals surface area contributed by atoms with Crippen molar-refractivity contribution in [2.24, 2.45) is 4.99 Å². The molecule has 0 aliphatic heterocycles. The van der Waals surface area contributed by atoms with E-state index in [0.717, 1.165) is 5.56 Å². The van der Waals surface area contributed by atoms with Crippen LogP contribution in [0.25, 0.3) is 0 Å². The van der Waals surface area contributed by atoms with Crippen molar-refractivity contribution in [2.75, 3.05) is 16.2 Å². The van der Waals surface area contributed by atoms with Crippen molar-refractivity contribution in [3.63, 3.8) is 0 Å². The van der Waals surface area contributed by atoms with Crippen molar-refractivity contribution in [3.8, 4) is 0 Å². The molecule has 0 heterocycles. The number of hydrogen-bond donors (Lipinski definition) is 1. The van der Waals surface area contributed by atoms with E-state index in [1.54, 1.807) is 10.8 Å². The van der Waals surface area contributed by atoms with E-state index in [0.29, 0.717) is 18.8 Å². The SMILES string of the molecule is C=Nc1ccc(N(CC)Cc2ccccc2)cc1NS(=O)(=O)C(F)(F)F. The summed E-state index contributed by atoms with van der Waals surface area (Å²) in [5, 5.41) is 0. The van der Waals surface area contributed by atoms with E-state index in [4.69, 9.17) is 0 Å². The van der Waals surface area contributed by atoms with Crippen LogP contribution in [0.15, 0.2) is 53.5 Å². The van der Waals surface area contributed by atoms with Gasteiger partial charge in [-0.2, -0.15) is 21.6 Å². The lowest BCUT2D eigenvalue weighted by atomic mass is 10.2. The fraction of sp³-hybridized carbons (Fsp3) is 0.235. The van der Waals surface area contributed by atoms with E-state index < -0.39 is 15.5 Å². The van der Waals surface area contributed by atoms with Gasteiger partial charge in [-0.3, -0.25) is 9.71 Å². The third-order valence-corrected chi connectivity index (χ3v) is 4.76. The molecule has 0 unspecified atom stereocenters. The van der Waals surface area contributed by atoms with Crippen LogP contribution in [0, 0.1) is 0 Å². The Bertz CT molecular complexity index is 869. The number of anilines is 2. The van der Waals surface area contributed by atoms with Crippen LogP contribution in [-0.4, -0.2) is 27.2 Å². The second-order valence-corrected chi connectivity index (χ2v) is 7.08. The summed E-state index contributed by atoms with van der Waals surface area (Å²) in [5.41, 5.74) is -4.12. The number of halogens is 3. The van der Waals surface area contributed by atoms with Crippen molar-refractivity contribution >= 4 is 33.8 Å². The zero-order chi connectivity index (χ0) is 19.4. The maximum Gasteiger partial charge on any atom is 0.516 e. The van der Waals surface area contributed by atoms with E-state index in [1.807, 2.05) is 42.2 Å². The second kappa shape index (κ2) is 7.77. The van der Waals surface area contributed by atoms with Crippen LogP contribution in [0.2, 0.25) is 0 Å². The molecular formula is C17H18F3N3O2S. The first-order valence-electron chi connectivity index (χ1n) is 7.66. The molecule has 2 aromatic rings.